The summed E-state index contributed by atoms with van der Waals surface area (Å²) in [5.74, 6) is 0.453. The Labute approximate surface area is 115 Å². The molecule has 0 fully saturated rings. The Morgan fingerprint density at radius 3 is 2.42 bits per heavy atom. The van der Waals surface area contributed by atoms with Gasteiger partial charge in [0, 0.05) is 12.4 Å². The Kier molecular flexibility index (Phi) is 4.25. The third-order valence-corrected chi connectivity index (χ3v) is 3.51. The second-order valence-corrected chi connectivity index (χ2v) is 5.21. The fraction of sp³-hybridized carbons (Fsp3) is 0.438. The molecule has 1 atom stereocenters. The maximum atomic E-state index is 11.8. The summed E-state index contributed by atoms with van der Waals surface area (Å²) in [6.07, 6.45) is 5.37. The number of urea groups is 1. The molecule has 1 aromatic rings. The topological polar surface area (TPSA) is 34.4 Å². The smallest absolute Gasteiger partial charge is 0.290 e. The van der Waals surface area contributed by atoms with Crippen molar-refractivity contribution in [1.29, 1.82) is 0 Å². The Hall–Kier alpha value is -1.77. The second-order valence-electron chi connectivity index (χ2n) is 5.21. The molecule has 1 aliphatic heterocycles. The average molecular weight is 257 g/mol. The van der Waals surface area contributed by atoms with Gasteiger partial charge in [-0.05, 0) is 23.5 Å². The molecule has 0 spiro atoms. The summed E-state index contributed by atoms with van der Waals surface area (Å²) in [6.45, 7) is 6.52. The van der Waals surface area contributed by atoms with Crippen LogP contribution in [-0.2, 0) is 0 Å². The molecule has 1 aromatic carbocycles. The van der Waals surface area contributed by atoms with E-state index >= 15 is 0 Å². The van der Waals surface area contributed by atoms with Crippen LogP contribution in [0.1, 0.15) is 56.7 Å². The fourth-order valence-electron chi connectivity index (χ4n) is 2.59. The van der Waals surface area contributed by atoms with Gasteiger partial charge in [0.15, 0.2) is 0 Å². The van der Waals surface area contributed by atoms with E-state index < -0.39 is 0 Å². The molecule has 0 saturated heterocycles. The van der Waals surface area contributed by atoms with E-state index in [2.05, 4.69) is 44.3 Å². The molecular weight excluding hydrogens is 236 g/mol. The van der Waals surface area contributed by atoms with Crippen LogP contribution in [0.3, 0.4) is 0 Å². The first-order valence-electron chi connectivity index (χ1n) is 6.93. The molecule has 1 unspecified atom stereocenters. The number of nitrogens with zero attached hydrogens (tertiary/aromatic N) is 2. The minimum atomic E-state index is -0.156. The van der Waals surface area contributed by atoms with Crippen LogP contribution < -0.4 is 5.32 Å². The van der Waals surface area contributed by atoms with Crippen LogP contribution in [0, 0.1) is 0 Å². The third-order valence-electron chi connectivity index (χ3n) is 3.51. The highest BCUT2D eigenvalue weighted by Crippen LogP contribution is 2.33. The molecule has 1 heterocycles. The average Bonchev–Trinajstić information content (AvgIpc) is 2.82. The van der Waals surface area contributed by atoms with Gasteiger partial charge in [-0.25, -0.2) is 10.1 Å². The van der Waals surface area contributed by atoms with Crippen molar-refractivity contribution in [3.05, 3.63) is 47.8 Å². The fourth-order valence-corrected chi connectivity index (χ4v) is 2.59. The van der Waals surface area contributed by atoms with E-state index in [1.54, 1.807) is 17.3 Å². The highest BCUT2D eigenvalue weighted by atomic mass is 16.2. The van der Waals surface area contributed by atoms with E-state index in [-0.39, 0.29) is 12.1 Å². The predicted molar refractivity (Wildman–Crippen MR) is 76.7 cm³/mol. The van der Waals surface area contributed by atoms with Crippen LogP contribution in [0.5, 0.6) is 0 Å². The minimum Gasteiger partial charge on any atom is -0.290 e. The number of amides is 2. The molecule has 1 radical (unpaired) electrons. The summed E-state index contributed by atoms with van der Waals surface area (Å²) in [5.41, 5.74) is 2.56. The van der Waals surface area contributed by atoms with Gasteiger partial charge in [0.05, 0.1) is 6.04 Å². The lowest BCUT2D eigenvalue weighted by atomic mass is 9.90. The van der Waals surface area contributed by atoms with Gasteiger partial charge < -0.3 is 0 Å². The number of carbonyl (C=O) groups excluding carboxylic acids is 1. The highest BCUT2D eigenvalue weighted by molar-refractivity contribution is 5.79. The lowest BCUT2D eigenvalue weighted by Gasteiger charge is -2.28. The van der Waals surface area contributed by atoms with Crippen molar-refractivity contribution >= 4 is 6.03 Å². The van der Waals surface area contributed by atoms with Gasteiger partial charge in [-0.3, -0.25) is 4.90 Å². The normalized spacial score (nSPS) is 16.0. The van der Waals surface area contributed by atoms with Crippen molar-refractivity contribution < 1.29 is 4.79 Å². The summed E-state index contributed by atoms with van der Waals surface area (Å²) in [5, 5.41) is 3.83. The summed E-state index contributed by atoms with van der Waals surface area (Å²) in [4.78, 5) is 13.6. The van der Waals surface area contributed by atoms with Crippen molar-refractivity contribution in [3.63, 3.8) is 0 Å². The van der Waals surface area contributed by atoms with Crippen molar-refractivity contribution in [2.45, 2.75) is 45.6 Å². The SMILES string of the molecule is CCCC(c1ccccc1C(C)C)N1C=C[N]C1=O. The summed E-state index contributed by atoms with van der Waals surface area (Å²) in [7, 11) is 0. The van der Waals surface area contributed by atoms with Crippen LogP contribution in [0.4, 0.5) is 4.79 Å². The Balaban J connectivity index is 2.39. The molecule has 2 amide bonds. The Morgan fingerprint density at radius 1 is 1.21 bits per heavy atom. The first-order chi connectivity index (χ1) is 9.15. The Bertz CT molecular complexity index is 479. The first-order valence-corrected chi connectivity index (χ1v) is 6.93. The second kappa shape index (κ2) is 5.91. The molecule has 0 saturated carbocycles. The van der Waals surface area contributed by atoms with Crippen LogP contribution in [0.2, 0.25) is 0 Å². The molecule has 101 valence electrons. The van der Waals surface area contributed by atoms with Crippen LogP contribution in [-0.4, -0.2) is 10.9 Å². The van der Waals surface area contributed by atoms with E-state index in [9.17, 15) is 4.79 Å². The lowest BCUT2D eigenvalue weighted by Crippen LogP contribution is -2.29. The van der Waals surface area contributed by atoms with Crippen LogP contribution in [0.25, 0.3) is 0 Å². The Morgan fingerprint density at radius 2 is 1.89 bits per heavy atom. The standard InChI is InChI=1S/C16H21N2O/c1-4-7-15(18-11-10-17-16(18)19)14-9-6-5-8-13(14)12(2)3/h5-6,8-12,15H,4,7H2,1-3H3. The summed E-state index contributed by atoms with van der Waals surface area (Å²) >= 11 is 0. The highest BCUT2D eigenvalue weighted by Gasteiger charge is 2.28. The van der Waals surface area contributed by atoms with Gasteiger partial charge in [-0.2, -0.15) is 0 Å². The molecule has 0 aromatic heterocycles. The zero-order chi connectivity index (χ0) is 13.8. The molecule has 3 heteroatoms. The van der Waals surface area contributed by atoms with Crippen LogP contribution >= 0.6 is 0 Å². The summed E-state index contributed by atoms with van der Waals surface area (Å²) < 4.78 is 0. The van der Waals surface area contributed by atoms with E-state index in [1.165, 1.54) is 11.1 Å². The van der Waals surface area contributed by atoms with E-state index in [1.807, 2.05) is 6.07 Å². The molecule has 3 nitrogen and oxygen atoms in total. The maximum Gasteiger partial charge on any atom is 0.348 e. The van der Waals surface area contributed by atoms with Crippen molar-refractivity contribution in [2.24, 2.45) is 0 Å². The number of rotatable bonds is 5. The number of hydrogen-bond donors (Lipinski definition) is 0. The van der Waals surface area contributed by atoms with E-state index in [0.717, 1.165) is 12.8 Å². The zero-order valence-electron chi connectivity index (χ0n) is 11.8. The molecular formula is C16H21N2O. The molecule has 0 bridgehead atoms. The molecule has 19 heavy (non-hydrogen) atoms. The lowest BCUT2D eigenvalue weighted by molar-refractivity contribution is 0.206. The van der Waals surface area contributed by atoms with Gasteiger partial charge in [-0.1, -0.05) is 51.5 Å². The van der Waals surface area contributed by atoms with Gasteiger partial charge in [0.2, 0.25) is 0 Å². The zero-order valence-corrected chi connectivity index (χ0v) is 11.8. The van der Waals surface area contributed by atoms with Gasteiger partial charge >= 0.3 is 6.03 Å². The number of benzene rings is 1. The predicted octanol–water partition coefficient (Wildman–Crippen LogP) is 4.16. The third kappa shape index (κ3) is 2.80. The minimum absolute atomic E-state index is 0.0959. The monoisotopic (exact) mass is 257 g/mol. The molecule has 2 rings (SSSR count). The van der Waals surface area contributed by atoms with E-state index in [4.69, 9.17) is 0 Å². The molecule has 1 aliphatic rings. The number of hydrogen-bond acceptors (Lipinski definition) is 1. The van der Waals surface area contributed by atoms with Gasteiger partial charge in [0.25, 0.3) is 0 Å². The van der Waals surface area contributed by atoms with Crippen molar-refractivity contribution in [2.75, 3.05) is 0 Å². The van der Waals surface area contributed by atoms with Crippen molar-refractivity contribution in [1.82, 2.24) is 10.2 Å². The largest absolute Gasteiger partial charge is 0.348 e. The molecule has 0 aliphatic carbocycles. The quantitative estimate of drug-likeness (QED) is 0.779. The van der Waals surface area contributed by atoms with Crippen LogP contribution in [0.15, 0.2) is 36.7 Å². The maximum absolute atomic E-state index is 11.8. The van der Waals surface area contributed by atoms with E-state index in [0.29, 0.717) is 5.92 Å². The first kappa shape index (κ1) is 13.7. The van der Waals surface area contributed by atoms with Crippen molar-refractivity contribution in [3.8, 4) is 0 Å². The summed E-state index contributed by atoms with van der Waals surface area (Å²) in [6, 6.07) is 8.34. The number of carbonyl (C=O) groups is 1. The van der Waals surface area contributed by atoms with Gasteiger partial charge in [-0.15, -0.1) is 0 Å². The van der Waals surface area contributed by atoms with Gasteiger partial charge in [0.1, 0.15) is 0 Å². The molecule has 0 N–H and O–H groups in total.